The molecule has 0 aromatic heterocycles. The summed E-state index contributed by atoms with van der Waals surface area (Å²) in [6.45, 7) is 5.00. The number of non-ortho nitro benzene ring substituents is 1. The van der Waals surface area contributed by atoms with Crippen LogP contribution >= 0.6 is 0 Å². The smallest absolute Gasteiger partial charge is 0.328 e. The van der Waals surface area contributed by atoms with E-state index in [-0.39, 0.29) is 11.3 Å². The molecule has 0 spiro atoms. The third-order valence-electron chi connectivity index (χ3n) is 2.90. The molecular weight excluding hydrogens is 332 g/mol. The Hall–Kier alpha value is -2.97. The van der Waals surface area contributed by atoms with Crippen LogP contribution in [0.4, 0.5) is 5.69 Å². The highest BCUT2D eigenvalue weighted by molar-refractivity contribution is 5.98. The number of rotatable bonds is 6. The van der Waals surface area contributed by atoms with Crippen molar-refractivity contribution in [2.75, 3.05) is 7.11 Å². The first-order chi connectivity index (χ1) is 11.5. The minimum absolute atomic E-state index is 0.0210. The van der Waals surface area contributed by atoms with Gasteiger partial charge in [0.2, 0.25) is 0 Å². The van der Waals surface area contributed by atoms with Crippen molar-refractivity contribution in [1.82, 2.24) is 5.32 Å². The number of nitro benzene ring substituents is 1. The zero-order valence-electron chi connectivity index (χ0n) is 14.4. The number of hydrogen-bond acceptors (Lipinski definition) is 7. The van der Waals surface area contributed by atoms with Gasteiger partial charge in [-0.05, 0) is 26.8 Å². The van der Waals surface area contributed by atoms with E-state index in [0.29, 0.717) is 0 Å². The number of esters is 2. The molecule has 9 heteroatoms. The van der Waals surface area contributed by atoms with E-state index in [9.17, 15) is 24.5 Å². The summed E-state index contributed by atoms with van der Waals surface area (Å²) in [6.07, 6.45) is -0.426. The fourth-order valence-electron chi connectivity index (χ4n) is 1.89. The first-order valence-corrected chi connectivity index (χ1v) is 7.38. The van der Waals surface area contributed by atoms with Gasteiger partial charge in [0.25, 0.3) is 11.6 Å². The van der Waals surface area contributed by atoms with Gasteiger partial charge in [0.05, 0.1) is 18.5 Å². The second kappa shape index (κ2) is 8.22. The molecule has 0 radical (unpaired) electrons. The van der Waals surface area contributed by atoms with Crippen LogP contribution < -0.4 is 5.32 Å². The molecule has 0 bridgehead atoms. The lowest BCUT2D eigenvalue weighted by atomic mass is 10.1. The van der Waals surface area contributed by atoms with Gasteiger partial charge in [-0.2, -0.15) is 0 Å². The zero-order chi connectivity index (χ0) is 19.2. The molecule has 0 unspecified atom stereocenters. The van der Waals surface area contributed by atoms with Crippen LogP contribution in [0.5, 0.6) is 0 Å². The lowest BCUT2D eigenvalue weighted by molar-refractivity contribution is -0.384. The molecule has 1 amide bonds. The molecule has 0 saturated carbocycles. The van der Waals surface area contributed by atoms with Gasteiger partial charge in [0.15, 0.2) is 0 Å². The Balaban J connectivity index is 2.89. The predicted octanol–water partition coefficient (Wildman–Crippen LogP) is 1.60. The van der Waals surface area contributed by atoms with Crippen LogP contribution in [0.25, 0.3) is 0 Å². The Labute approximate surface area is 144 Å². The van der Waals surface area contributed by atoms with Gasteiger partial charge >= 0.3 is 11.9 Å². The summed E-state index contributed by atoms with van der Waals surface area (Å²) in [5.74, 6) is -2.27. The van der Waals surface area contributed by atoms with Crippen molar-refractivity contribution >= 4 is 23.5 Å². The maximum atomic E-state index is 12.2. The topological polar surface area (TPSA) is 125 Å². The van der Waals surface area contributed by atoms with Crippen molar-refractivity contribution in [1.29, 1.82) is 0 Å². The molecule has 1 aromatic rings. The van der Waals surface area contributed by atoms with Gasteiger partial charge in [0, 0.05) is 17.7 Å². The maximum Gasteiger partial charge on any atom is 0.328 e. The van der Waals surface area contributed by atoms with Crippen LogP contribution in [0.2, 0.25) is 0 Å². The standard InChI is InChI=1S/C16H20N2O7/c1-16(2,3)25-13(19)9-12(15(21)24-4)17-14(20)10-6-5-7-11(8-10)18(22)23/h5-8,12H,9H2,1-4H3,(H,17,20)/t12-/m1/s1. The van der Waals surface area contributed by atoms with E-state index in [4.69, 9.17) is 4.74 Å². The van der Waals surface area contributed by atoms with E-state index in [1.165, 1.54) is 18.2 Å². The lowest BCUT2D eigenvalue weighted by Crippen LogP contribution is -2.43. The molecule has 136 valence electrons. The van der Waals surface area contributed by atoms with Gasteiger partial charge in [-0.25, -0.2) is 4.79 Å². The number of carbonyl (C=O) groups excluding carboxylic acids is 3. The second-order valence-corrected chi connectivity index (χ2v) is 6.15. The molecule has 0 aliphatic carbocycles. The summed E-state index contributed by atoms with van der Waals surface area (Å²) in [7, 11) is 1.12. The molecule has 1 atom stereocenters. The monoisotopic (exact) mass is 352 g/mol. The fourth-order valence-corrected chi connectivity index (χ4v) is 1.89. The van der Waals surface area contributed by atoms with Crippen LogP contribution in [-0.2, 0) is 19.1 Å². The highest BCUT2D eigenvalue weighted by atomic mass is 16.6. The van der Waals surface area contributed by atoms with Crippen molar-refractivity contribution in [3.63, 3.8) is 0 Å². The van der Waals surface area contributed by atoms with E-state index in [1.54, 1.807) is 20.8 Å². The number of amides is 1. The Morgan fingerprint density at radius 1 is 1.28 bits per heavy atom. The van der Waals surface area contributed by atoms with Crippen molar-refractivity contribution in [3.05, 3.63) is 39.9 Å². The lowest BCUT2D eigenvalue weighted by Gasteiger charge is -2.22. The van der Waals surface area contributed by atoms with Gasteiger partial charge in [-0.1, -0.05) is 6.07 Å². The average Bonchev–Trinajstić information content (AvgIpc) is 2.51. The van der Waals surface area contributed by atoms with E-state index in [0.717, 1.165) is 13.2 Å². The van der Waals surface area contributed by atoms with Crippen molar-refractivity contribution in [2.24, 2.45) is 0 Å². The van der Waals surface area contributed by atoms with Gasteiger partial charge < -0.3 is 14.8 Å². The summed E-state index contributed by atoms with van der Waals surface area (Å²) in [5, 5.41) is 13.1. The molecule has 0 aliphatic heterocycles. The highest BCUT2D eigenvalue weighted by Crippen LogP contribution is 2.14. The summed E-state index contributed by atoms with van der Waals surface area (Å²) in [6, 6.07) is 3.72. The van der Waals surface area contributed by atoms with E-state index in [1.807, 2.05) is 0 Å². The van der Waals surface area contributed by atoms with E-state index >= 15 is 0 Å². The summed E-state index contributed by atoms with van der Waals surface area (Å²) < 4.78 is 9.69. The molecule has 1 N–H and O–H groups in total. The minimum atomic E-state index is -1.27. The zero-order valence-corrected chi connectivity index (χ0v) is 14.4. The quantitative estimate of drug-likeness (QED) is 0.468. The predicted molar refractivity (Wildman–Crippen MR) is 86.8 cm³/mol. The molecule has 0 aliphatic rings. The number of nitrogens with zero attached hydrogens (tertiary/aromatic N) is 1. The third kappa shape index (κ3) is 6.58. The van der Waals surface area contributed by atoms with Crippen molar-refractivity contribution in [2.45, 2.75) is 38.8 Å². The molecule has 1 aromatic carbocycles. The van der Waals surface area contributed by atoms with Crippen molar-refractivity contribution in [3.8, 4) is 0 Å². The summed E-state index contributed by atoms with van der Waals surface area (Å²) >= 11 is 0. The number of nitrogens with one attached hydrogen (secondary N) is 1. The third-order valence-corrected chi connectivity index (χ3v) is 2.90. The molecule has 9 nitrogen and oxygen atoms in total. The largest absolute Gasteiger partial charge is 0.467 e. The SMILES string of the molecule is COC(=O)[C@@H](CC(=O)OC(C)(C)C)NC(=O)c1cccc([N+](=O)[O-])c1. The second-order valence-electron chi connectivity index (χ2n) is 6.15. The Morgan fingerprint density at radius 3 is 2.44 bits per heavy atom. The molecular formula is C16H20N2O7. The average molecular weight is 352 g/mol. The summed E-state index contributed by atoms with van der Waals surface area (Å²) in [4.78, 5) is 46.0. The van der Waals surface area contributed by atoms with Gasteiger partial charge in [0.1, 0.15) is 11.6 Å². The molecule has 0 heterocycles. The highest BCUT2D eigenvalue weighted by Gasteiger charge is 2.28. The molecule has 0 saturated heterocycles. The number of ether oxygens (including phenoxy) is 2. The first kappa shape index (κ1) is 20.1. The maximum absolute atomic E-state index is 12.2. The Bertz CT molecular complexity index is 679. The van der Waals surface area contributed by atoms with Crippen LogP contribution in [-0.4, -0.2) is 41.5 Å². The number of methoxy groups -OCH3 is 1. The Kier molecular flexibility index (Phi) is 6.60. The van der Waals surface area contributed by atoms with Crippen LogP contribution in [0.1, 0.15) is 37.6 Å². The van der Waals surface area contributed by atoms with Crippen LogP contribution in [0.3, 0.4) is 0 Å². The number of carbonyl (C=O) groups is 3. The minimum Gasteiger partial charge on any atom is -0.467 e. The normalized spacial score (nSPS) is 12.0. The number of hydrogen-bond donors (Lipinski definition) is 1. The van der Waals surface area contributed by atoms with Gasteiger partial charge in [-0.3, -0.25) is 19.7 Å². The number of benzene rings is 1. The van der Waals surface area contributed by atoms with Gasteiger partial charge in [-0.15, -0.1) is 0 Å². The molecule has 25 heavy (non-hydrogen) atoms. The van der Waals surface area contributed by atoms with Crippen molar-refractivity contribution < 1.29 is 28.8 Å². The first-order valence-electron chi connectivity index (χ1n) is 7.38. The molecule has 1 rings (SSSR count). The van der Waals surface area contributed by atoms with E-state index < -0.39 is 40.8 Å². The number of nitro groups is 1. The van der Waals surface area contributed by atoms with Crippen LogP contribution in [0.15, 0.2) is 24.3 Å². The molecule has 0 fully saturated rings. The Morgan fingerprint density at radius 2 is 1.92 bits per heavy atom. The van der Waals surface area contributed by atoms with E-state index in [2.05, 4.69) is 10.1 Å². The fraction of sp³-hybridized carbons (Fsp3) is 0.438. The summed E-state index contributed by atoms with van der Waals surface area (Å²) in [5.41, 5.74) is -1.04. The van der Waals surface area contributed by atoms with Crippen LogP contribution in [0, 0.1) is 10.1 Å².